The lowest BCUT2D eigenvalue weighted by molar-refractivity contribution is -0.375. The number of carbonyl (C=O) groups is 1. The fraction of sp³-hybridized carbons (Fsp3) is 0.523. The Balaban J connectivity index is 1.66. The molecule has 1 fully saturated rings. The number of hydrogen-bond donors (Lipinski definition) is 1. The summed E-state index contributed by atoms with van der Waals surface area (Å²) in [4.78, 5) is 12.0. The molecule has 1 aliphatic heterocycles. The van der Waals surface area contributed by atoms with Crippen molar-refractivity contribution in [2.24, 2.45) is 0 Å². The average Bonchev–Trinajstić information content (AvgIpc) is 3.14. The van der Waals surface area contributed by atoms with Gasteiger partial charge in [-0.15, -0.1) is 6.58 Å². The van der Waals surface area contributed by atoms with Gasteiger partial charge in [0.2, 0.25) is 5.79 Å². The van der Waals surface area contributed by atoms with E-state index in [0.717, 1.165) is 68.2 Å². The smallest absolute Gasteiger partial charge is 0.302 e. The Morgan fingerprint density at radius 2 is 1.54 bits per heavy atom. The number of aryl methyl sites for hydroxylation is 2. The molecule has 0 spiro atoms. The lowest BCUT2D eigenvalue weighted by Gasteiger charge is -2.50. The number of ether oxygens (including phenoxy) is 6. The SMILES string of the molecule is C=CCOCCCCc1ccc(Cc2cc([C@]3(O)O[C@H](COC(C)=O)[C@@H](OCCCC)[C@H](OCCCC)[C@H]3OCc3ccccc3)ccc2C)cc1. The van der Waals surface area contributed by atoms with Crippen LogP contribution in [0.2, 0.25) is 0 Å². The van der Waals surface area contributed by atoms with Gasteiger partial charge >= 0.3 is 5.97 Å². The first kappa shape index (κ1) is 41.4. The molecule has 0 unspecified atom stereocenters. The van der Waals surface area contributed by atoms with Crippen molar-refractivity contribution in [3.63, 3.8) is 0 Å². The Kier molecular flexibility index (Phi) is 17.5. The molecule has 4 rings (SSSR count). The Labute approximate surface area is 311 Å². The fourth-order valence-electron chi connectivity index (χ4n) is 6.44. The summed E-state index contributed by atoms with van der Waals surface area (Å²) in [5.74, 6) is -2.38. The van der Waals surface area contributed by atoms with Crippen LogP contribution in [0.1, 0.15) is 92.7 Å². The monoisotopic (exact) mass is 716 g/mol. The summed E-state index contributed by atoms with van der Waals surface area (Å²) in [5, 5.41) is 12.9. The first-order valence-corrected chi connectivity index (χ1v) is 19.1. The number of aliphatic hydroxyl groups is 1. The molecule has 0 radical (unpaired) electrons. The van der Waals surface area contributed by atoms with Crippen molar-refractivity contribution in [3.05, 3.63) is 119 Å². The molecular formula is C44H60O8. The molecule has 8 nitrogen and oxygen atoms in total. The fourth-order valence-corrected chi connectivity index (χ4v) is 6.44. The highest BCUT2D eigenvalue weighted by Gasteiger charge is 2.57. The van der Waals surface area contributed by atoms with Gasteiger partial charge in [0, 0.05) is 32.3 Å². The van der Waals surface area contributed by atoms with Gasteiger partial charge in [-0.25, -0.2) is 0 Å². The highest BCUT2D eigenvalue weighted by Crippen LogP contribution is 2.42. The predicted octanol–water partition coefficient (Wildman–Crippen LogP) is 8.17. The van der Waals surface area contributed by atoms with Crippen LogP contribution in [0, 0.1) is 6.92 Å². The van der Waals surface area contributed by atoms with Gasteiger partial charge in [-0.2, -0.15) is 0 Å². The predicted molar refractivity (Wildman–Crippen MR) is 204 cm³/mol. The third-order valence-corrected chi connectivity index (χ3v) is 9.47. The molecule has 0 aromatic heterocycles. The highest BCUT2D eigenvalue weighted by atomic mass is 16.7. The summed E-state index contributed by atoms with van der Waals surface area (Å²) >= 11 is 0. The largest absolute Gasteiger partial charge is 0.463 e. The standard InChI is InChI=1S/C44H60O8/c1-6-9-27-48-41-40(32-50-34(5)45)52-44(46,43(42(41)49-28-10-7-2)51-31-37-17-12-11-13-18-37)39-24-19-33(4)38(30-39)29-36-22-20-35(21-23-36)16-14-15-26-47-25-8-3/h8,11-13,17-24,30,40-43,46H,3,6-7,9-10,14-16,25-29,31-32H2,1-2,4-5H3/t40-,41-,42+,43-,44+/m1/s1. The van der Waals surface area contributed by atoms with E-state index in [-0.39, 0.29) is 13.2 Å². The van der Waals surface area contributed by atoms with Crippen LogP contribution in [-0.4, -0.2) is 68.5 Å². The minimum atomic E-state index is -1.94. The lowest BCUT2D eigenvalue weighted by Crippen LogP contribution is -2.66. The molecule has 8 heteroatoms. The van der Waals surface area contributed by atoms with Gasteiger partial charge in [-0.3, -0.25) is 4.79 Å². The number of esters is 1. The Hall–Kier alpha value is -3.37. The van der Waals surface area contributed by atoms with Crippen LogP contribution in [0.4, 0.5) is 0 Å². The summed E-state index contributed by atoms with van der Waals surface area (Å²) < 4.78 is 37.4. The van der Waals surface area contributed by atoms with Crippen molar-refractivity contribution in [3.8, 4) is 0 Å². The van der Waals surface area contributed by atoms with E-state index >= 15 is 0 Å². The molecule has 1 aliphatic rings. The Morgan fingerprint density at radius 3 is 2.21 bits per heavy atom. The van der Waals surface area contributed by atoms with Crippen molar-refractivity contribution in [1.82, 2.24) is 0 Å². The van der Waals surface area contributed by atoms with E-state index in [9.17, 15) is 9.90 Å². The second kappa shape index (κ2) is 22.0. The molecule has 3 aromatic rings. The molecule has 0 amide bonds. The minimum Gasteiger partial charge on any atom is -0.463 e. The van der Waals surface area contributed by atoms with Crippen molar-refractivity contribution in [2.75, 3.05) is 33.0 Å². The van der Waals surface area contributed by atoms with E-state index in [1.165, 1.54) is 18.1 Å². The molecule has 0 aliphatic carbocycles. The Morgan fingerprint density at radius 1 is 0.846 bits per heavy atom. The van der Waals surface area contributed by atoms with Gasteiger partial charge in [0.05, 0.1) is 13.2 Å². The lowest BCUT2D eigenvalue weighted by atomic mass is 9.85. The van der Waals surface area contributed by atoms with Crippen molar-refractivity contribution < 1.29 is 38.3 Å². The van der Waals surface area contributed by atoms with Gasteiger partial charge in [-0.05, 0) is 79.3 Å². The van der Waals surface area contributed by atoms with E-state index in [1.54, 1.807) is 6.08 Å². The summed E-state index contributed by atoms with van der Waals surface area (Å²) in [6.45, 7) is 13.7. The highest BCUT2D eigenvalue weighted by molar-refractivity contribution is 5.65. The van der Waals surface area contributed by atoms with Gasteiger partial charge in [0.1, 0.15) is 31.0 Å². The second-order valence-electron chi connectivity index (χ2n) is 13.7. The van der Waals surface area contributed by atoms with Gasteiger partial charge in [0.15, 0.2) is 0 Å². The van der Waals surface area contributed by atoms with E-state index in [1.807, 2.05) is 48.5 Å². The third-order valence-electron chi connectivity index (χ3n) is 9.47. The second-order valence-corrected chi connectivity index (χ2v) is 13.7. The van der Waals surface area contributed by atoms with E-state index in [2.05, 4.69) is 51.6 Å². The number of unbranched alkanes of at least 4 members (excludes halogenated alkanes) is 3. The molecule has 3 aromatic carbocycles. The molecule has 1 heterocycles. The van der Waals surface area contributed by atoms with Crippen LogP contribution in [0.15, 0.2) is 85.5 Å². The van der Waals surface area contributed by atoms with Crippen LogP contribution in [0.25, 0.3) is 0 Å². The zero-order valence-corrected chi connectivity index (χ0v) is 31.7. The van der Waals surface area contributed by atoms with Crippen LogP contribution < -0.4 is 0 Å². The van der Waals surface area contributed by atoms with Gasteiger partial charge in [-0.1, -0.05) is 99.5 Å². The zero-order chi connectivity index (χ0) is 37.2. The summed E-state index contributed by atoms with van der Waals surface area (Å²) in [7, 11) is 0. The van der Waals surface area contributed by atoms with Crippen LogP contribution in [0.5, 0.6) is 0 Å². The van der Waals surface area contributed by atoms with E-state index in [0.29, 0.717) is 31.8 Å². The Bertz CT molecular complexity index is 1480. The zero-order valence-electron chi connectivity index (χ0n) is 31.7. The van der Waals surface area contributed by atoms with Crippen LogP contribution in [0.3, 0.4) is 0 Å². The molecule has 5 atom stereocenters. The maximum atomic E-state index is 12.9. The minimum absolute atomic E-state index is 0.0968. The molecule has 52 heavy (non-hydrogen) atoms. The molecular weight excluding hydrogens is 656 g/mol. The molecule has 0 saturated carbocycles. The molecule has 0 bridgehead atoms. The first-order chi connectivity index (χ1) is 25.3. The van der Waals surface area contributed by atoms with Crippen molar-refractivity contribution in [2.45, 2.75) is 116 Å². The average molecular weight is 717 g/mol. The summed E-state index contributed by atoms with van der Waals surface area (Å²) in [5.41, 5.74) is 6.13. The van der Waals surface area contributed by atoms with Crippen LogP contribution in [-0.2, 0) is 58.5 Å². The topological polar surface area (TPSA) is 92.7 Å². The number of benzene rings is 3. The van der Waals surface area contributed by atoms with E-state index in [4.69, 9.17) is 28.4 Å². The van der Waals surface area contributed by atoms with E-state index < -0.39 is 36.2 Å². The molecule has 1 N–H and O–H groups in total. The van der Waals surface area contributed by atoms with Gasteiger partial charge < -0.3 is 33.5 Å². The molecule has 1 saturated heterocycles. The maximum Gasteiger partial charge on any atom is 0.302 e. The summed E-state index contributed by atoms with van der Waals surface area (Å²) in [6.07, 6.45) is 5.97. The number of rotatable bonds is 23. The third kappa shape index (κ3) is 12.4. The summed E-state index contributed by atoms with van der Waals surface area (Å²) in [6, 6.07) is 24.5. The molecule has 284 valence electrons. The van der Waals surface area contributed by atoms with Gasteiger partial charge in [0.25, 0.3) is 0 Å². The number of carbonyl (C=O) groups excluding carboxylic acids is 1. The quantitative estimate of drug-likeness (QED) is 0.0597. The maximum absolute atomic E-state index is 12.9. The number of hydrogen-bond acceptors (Lipinski definition) is 8. The first-order valence-electron chi connectivity index (χ1n) is 19.1. The van der Waals surface area contributed by atoms with Crippen molar-refractivity contribution >= 4 is 5.97 Å². The van der Waals surface area contributed by atoms with Crippen molar-refractivity contribution in [1.29, 1.82) is 0 Å². The van der Waals surface area contributed by atoms with Crippen LogP contribution >= 0.6 is 0 Å². The normalized spacial score (nSPS) is 21.6.